The van der Waals surface area contributed by atoms with E-state index in [1.165, 1.54) is 0 Å². The number of halogens is 2. The van der Waals surface area contributed by atoms with Gasteiger partial charge < -0.3 is 10.8 Å². The maximum absolute atomic E-state index is 9.29. The van der Waals surface area contributed by atoms with Crippen LogP contribution >= 0.6 is 23.2 Å². The molecule has 0 aliphatic carbocycles. The monoisotopic (exact) mass is 233 g/mol. The van der Waals surface area contributed by atoms with Gasteiger partial charge in [0.1, 0.15) is 0 Å². The van der Waals surface area contributed by atoms with Crippen LogP contribution in [0.15, 0.2) is 18.2 Å². The van der Waals surface area contributed by atoms with Crippen molar-refractivity contribution in [1.82, 2.24) is 0 Å². The highest BCUT2D eigenvalue weighted by atomic mass is 35.5. The minimum absolute atomic E-state index is 0.0764. The van der Waals surface area contributed by atoms with Gasteiger partial charge in [-0.2, -0.15) is 0 Å². The van der Waals surface area contributed by atoms with Crippen molar-refractivity contribution in [3.63, 3.8) is 0 Å². The number of rotatable bonds is 3. The number of hydrogen-bond donors (Lipinski definition) is 2. The third-order valence-electron chi connectivity index (χ3n) is 2.37. The molecule has 3 N–H and O–H groups in total. The summed E-state index contributed by atoms with van der Waals surface area (Å²) in [6.45, 7) is 2.06. The topological polar surface area (TPSA) is 46.2 Å². The zero-order valence-electron chi connectivity index (χ0n) is 7.93. The van der Waals surface area contributed by atoms with E-state index in [-0.39, 0.29) is 6.61 Å². The van der Waals surface area contributed by atoms with Crippen molar-refractivity contribution in [3.05, 3.63) is 33.8 Å². The van der Waals surface area contributed by atoms with Crippen LogP contribution in [0.25, 0.3) is 0 Å². The molecule has 0 aliphatic heterocycles. The first-order valence-electron chi connectivity index (χ1n) is 4.30. The molecule has 1 aromatic carbocycles. The zero-order valence-corrected chi connectivity index (χ0v) is 9.44. The Bertz CT molecular complexity index is 304. The first-order valence-corrected chi connectivity index (χ1v) is 5.06. The largest absolute Gasteiger partial charge is 0.395 e. The molecule has 0 saturated heterocycles. The van der Waals surface area contributed by atoms with Gasteiger partial charge in [0.15, 0.2) is 0 Å². The SMILES string of the molecule is CC(CN)(CO)c1c(Cl)cccc1Cl. The van der Waals surface area contributed by atoms with Crippen molar-refractivity contribution in [1.29, 1.82) is 0 Å². The molecule has 2 nitrogen and oxygen atoms in total. The van der Waals surface area contributed by atoms with Gasteiger partial charge >= 0.3 is 0 Å². The number of hydrogen-bond acceptors (Lipinski definition) is 2. The fourth-order valence-electron chi connectivity index (χ4n) is 1.32. The van der Waals surface area contributed by atoms with Crippen LogP contribution < -0.4 is 5.73 Å². The van der Waals surface area contributed by atoms with E-state index in [9.17, 15) is 5.11 Å². The van der Waals surface area contributed by atoms with E-state index >= 15 is 0 Å². The Balaban J connectivity index is 3.29. The highest BCUT2D eigenvalue weighted by Gasteiger charge is 2.28. The standard InChI is InChI=1S/C10H13Cl2NO/c1-10(5-13,6-14)9-7(11)3-2-4-8(9)12/h2-4,14H,5-6,13H2,1H3. The molecule has 0 aromatic heterocycles. The maximum atomic E-state index is 9.29. The van der Waals surface area contributed by atoms with Gasteiger partial charge in [0.05, 0.1) is 6.61 Å². The first kappa shape index (κ1) is 11.8. The average molecular weight is 234 g/mol. The lowest BCUT2D eigenvalue weighted by Gasteiger charge is -2.27. The summed E-state index contributed by atoms with van der Waals surface area (Å²) >= 11 is 12.0. The maximum Gasteiger partial charge on any atom is 0.0538 e. The van der Waals surface area contributed by atoms with E-state index < -0.39 is 5.41 Å². The van der Waals surface area contributed by atoms with Gasteiger partial charge in [0.2, 0.25) is 0 Å². The molecule has 78 valence electrons. The van der Waals surface area contributed by atoms with E-state index in [0.717, 1.165) is 0 Å². The lowest BCUT2D eigenvalue weighted by Crippen LogP contribution is -2.36. The molecule has 4 heteroatoms. The van der Waals surface area contributed by atoms with Crippen molar-refractivity contribution in [3.8, 4) is 0 Å². The molecule has 1 aromatic rings. The van der Waals surface area contributed by atoms with Gasteiger partial charge in [-0.05, 0) is 17.7 Å². The van der Waals surface area contributed by atoms with Crippen molar-refractivity contribution in [2.75, 3.05) is 13.2 Å². The first-order chi connectivity index (χ1) is 6.55. The van der Waals surface area contributed by atoms with E-state index in [4.69, 9.17) is 28.9 Å². The second-order valence-corrected chi connectivity index (χ2v) is 4.33. The molecule has 14 heavy (non-hydrogen) atoms. The quantitative estimate of drug-likeness (QED) is 0.842. The van der Waals surface area contributed by atoms with E-state index in [1.54, 1.807) is 18.2 Å². The molecule has 0 spiro atoms. The molecule has 1 atom stereocenters. The van der Waals surface area contributed by atoms with Crippen LogP contribution in [0.5, 0.6) is 0 Å². The second-order valence-electron chi connectivity index (χ2n) is 3.52. The molecule has 1 unspecified atom stereocenters. The van der Waals surface area contributed by atoms with Crippen LogP contribution in [-0.4, -0.2) is 18.3 Å². The van der Waals surface area contributed by atoms with Crippen LogP contribution in [0.3, 0.4) is 0 Å². The summed E-state index contributed by atoms with van der Waals surface area (Å²) in [7, 11) is 0. The summed E-state index contributed by atoms with van der Waals surface area (Å²) in [5.74, 6) is 0. The van der Waals surface area contributed by atoms with Crippen LogP contribution in [0.1, 0.15) is 12.5 Å². The number of aliphatic hydroxyl groups is 1. The highest BCUT2D eigenvalue weighted by Crippen LogP contribution is 2.34. The summed E-state index contributed by atoms with van der Waals surface area (Å²) in [5.41, 5.74) is 5.75. The fraction of sp³-hybridized carbons (Fsp3) is 0.400. The van der Waals surface area contributed by atoms with Gasteiger partial charge in [-0.1, -0.05) is 36.2 Å². The van der Waals surface area contributed by atoms with Gasteiger partial charge in [-0.3, -0.25) is 0 Å². The van der Waals surface area contributed by atoms with Crippen molar-refractivity contribution >= 4 is 23.2 Å². The van der Waals surface area contributed by atoms with Crippen molar-refractivity contribution in [2.24, 2.45) is 5.73 Å². The third kappa shape index (κ3) is 2.04. The summed E-state index contributed by atoms with van der Waals surface area (Å²) in [6.07, 6.45) is 0. The van der Waals surface area contributed by atoms with Gasteiger partial charge in [0, 0.05) is 22.0 Å². The predicted molar refractivity (Wildman–Crippen MR) is 60.0 cm³/mol. The Morgan fingerprint density at radius 2 is 1.86 bits per heavy atom. The Kier molecular flexibility index (Phi) is 3.78. The summed E-state index contributed by atoms with van der Waals surface area (Å²) < 4.78 is 0. The highest BCUT2D eigenvalue weighted by molar-refractivity contribution is 6.36. The van der Waals surface area contributed by atoms with Gasteiger partial charge in [0.25, 0.3) is 0 Å². The smallest absolute Gasteiger partial charge is 0.0538 e. The van der Waals surface area contributed by atoms with Crippen LogP contribution in [0.2, 0.25) is 10.0 Å². The molecule has 1 rings (SSSR count). The van der Waals surface area contributed by atoms with Gasteiger partial charge in [-0.25, -0.2) is 0 Å². The minimum atomic E-state index is -0.574. The summed E-state index contributed by atoms with van der Waals surface area (Å²) in [6, 6.07) is 5.25. The molecule has 0 radical (unpaired) electrons. The average Bonchev–Trinajstić information content (AvgIpc) is 2.17. The Hall–Kier alpha value is -0.280. The van der Waals surface area contributed by atoms with Crippen LogP contribution in [-0.2, 0) is 5.41 Å². The van der Waals surface area contributed by atoms with E-state index in [2.05, 4.69) is 0 Å². The van der Waals surface area contributed by atoms with E-state index in [1.807, 2.05) is 6.92 Å². The molecule has 0 fully saturated rings. The molecule has 0 bridgehead atoms. The molecule has 0 saturated carbocycles. The summed E-state index contributed by atoms with van der Waals surface area (Å²) in [5, 5.41) is 10.4. The predicted octanol–water partition coefficient (Wildman–Crippen LogP) is 2.20. The number of benzene rings is 1. The molecule has 0 aliphatic rings. The van der Waals surface area contributed by atoms with Crippen LogP contribution in [0.4, 0.5) is 0 Å². The molecule has 0 heterocycles. The number of aliphatic hydroxyl groups excluding tert-OH is 1. The third-order valence-corrected chi connectivity index (χ3v) is 3.00. The molecular weight excluding hydrogens is 221 g/mol. The lowest BCUT2D eigenvalue weighted by molar-refractivity contribution is 0.210. The molecular formula is C10H13Cl2NO. The lowest BCUT2D eigenvalue weighted by atomic mass is 9.83. The Labute approximate surface area is 93.6 Å². The van der Waals surface area contributed by atoms with Gasteiger partial charge in [-0.15, -0.1) is 0 Å². The molecule has 0 amide bonds. The van der Waals surface area contributed by atoms with E-state index in [0.29, 0.717) is 22.2 Å². The zero-order chi connectivity index (χ0) is 10.8. The normalized spacial score (nSPS) is 15.2. The Morgan fingerprint density at radius 1 is 1.36 bits per heavy atom. The minimum Gasteiger partial charge on any atom is -0.395 e. The number of nitrogens with two attached hydrogens (primary N) is 1. The summed E-state index contributed by atoms with van der Waals surface area (Å²) in [4.78, 5) is 0. The van der Waals surface area contributed by atoms with Crippen molar-refractivity contribution in [2.45, 2.75) is 12.3 Å². The second kappa shape index (κ2) is 4.49. The van der Waals surface area contributed by atoms with Crippen molar-refractivity contribution < 1.29 is 5.11 Å². The fourth-order valence-corrected chi connectivity index (χ4v) is 2.17. The Morgan fingerprint density at radius 3 is 2.21 bits per heavy atom. The van der Waals surface area contributed by atoms with Crippen LogP contribution in [0, 0.1) is 0 Å².